The highest BCUT2D eigenvalue weighted by Crippen LogP contribution is 2.17. The summed E-state index contributed by atoms with van der Waals surface area (Å²) in [6.45, 7) is 5.40. The van der Waals surface area contributed by atoms with E-state index >= 15 is 0 Å². The molecule has 0 spiro atoms. The maximum Gasteiger partial charge on any atom is 0.237 e. The Labute approximate surface area is 162 Å². The van der Waals surface area contributed by atoms with Gasteiger partial charge in [0.2, 0.25) is 5.91 Å². The Morgan fingerprint density at radius 1 is 0.963 bits per heavy atom. The lowest BCUT2D eigenvalue weighted by atomic mass is 10.1. The molecule has 0 bridgehead atoms. The van der Waals surface area contributed by atoms with Crippen molar-refractivity contribution >= 4 is 5.91 Å². The first-order valence-electron chi connectivity index (χ1n) is 10.1. The molecule has 1 amide bonds. The van der Waals surface area contributed by atoms with Gasteiger partial charge in [0, 0.05) is 26.1 Å². The molecule has 1 aliphatic rings. The van der Waals surface area contributed by atoms with E-state index in [0.29, 0.717) is 13.0 Å². The molecule has 2 aromatic carbocycles. The average Bonchev–Trinajstić information content (AvgIpc) is 2.73. The standard InChI is InChI=1S/C23H30N2O2/c1-2-25(24-17-7-4-8-18-24)23(26)16-13-20-11-14-22(15-12-20)27-19-21-9-5-3-6-10-21/h3,5-6,9-12,14-15H,2,4,7-8,13,16-19H2,1H3. The van der Waals surface area contributed by atoms with Gasteiger partial charge in [-0.15, -0.1) is 0 Å². The van der Waals surface area contributed by atoms with Crippen molar-refractivity contribution in [1.82, 2.24) is 10.0 Å². The number of ether oxygens (including phenoxy) is 1. The van der Waals surface area contributed by atoms with Crippen LogP contribution in [0.25, 0.3) is 0 Å². The number of rotatable bonds is 8. The van der Waals surface area contributed by atoms with Gasteiger partial charge in [-0.25, -0.2) is 5.01 Å². The Kier molecular flexibility index (Phi) is 7.28. The van der Waals surface area contributed by atoms with Crippen LogP contribution in [0.5, 0.6) is 5.75 Å². The molecule has 1 aliphatic heterocycles. The molecule has 1 saturated heterocycles. The van der Waals surface area contributed by atoms with Crippen LogP contribution < -0.4 is 4.74 Å². The quantitative estimate of drug-likeness (QED) is 0.692. The molecule has 4 nitrogen and oxygen atoms in total. The number of carbonyl (C=O) groups excluding carboxylic acids is 1. The average molecular weight is 367 g/mol. The van der Waals surface area contributed by atoms with E-state index in [0.717, 1.165) is 37.4 Å². The van der Waals surface area contributed by atoms with Gasteiger partial charge in [-0.2, -0.15) is 0 Å². The van der Waals surface area contributed by atoms with Crippen LogP contribution >= 0.6 is 0 Å². The van der Waals surface area contributed by atoms with Gasteiger partial charge in [0.1, 0.15) is 12.4 Å². The van der Waals surface area contributed by atoms with Crippen molar-refractivity contribution in [1.29, 1.82) is 0 Å². The Bertz CT molecular complexity index is 694. The van der Waals surface area contributed by atoms with E-state index in [1.807, 2.05) is 35.3 Å². The number of hydrogen-bond donors (Lipinski definition) is 0. The zero-order valence-electron chi connectivity index (χ0n) is 16.3. The smallest absolute Gasteiger partial charge is 0.237 e. The molecular weight excluding hydrogens is 336 g/mol. The van der Waals surface area contributed by atoms with E-state index in [1.54, 1.807) is 0 Å². The largest absolute Gasteiger partial charge is 0.489 e. The summed E-state index contributed by atoms with van der Waals surface area (Å²) in [4.78, 5) is 12.6. The molecule has 2 aromatic rings. The fourth-order valence-electron chi connectivity index (χ4n) is 3.53. The minimum absolute atomic E-state index is 0.226. The summed E-state index contributed by atoms with van der Waals surface area (Å²) in [5.74, 6) is 1.08. The molecule has 0 radical (unpaired) electrons. The topological polar surface area (TPSA) is 32.8 Å². The SMILES string of the molecule is CCN(C(=O)CCc1ccc(OCc2ccccc2)cc1)N1CCCCC1. The maximum absolute atomic E-state index is 12.6. The summed E-state index contributed by atoms with van der Waals surface area (Å²) in [5.41, 5.74) is 2.33. The van der Waals surface area contributed by atoms with Gasteiger partial charge in [-0.1, -0.05) is 48.9 Å². The second kappa shape index (κ2) is 10.1. The second-order valence-corrected chi connectivity index (χ2v) is 7.04. The second-order valence-electron chi connectivity index (χ2n) is 7.04. The summed E-state index contributed by atoms with van der Waals surface area (Å²) in [6, 6.07) is 18.3. The van der Waals surface area contributed by atoms with E-state index in [9.17, 15) is 4.79 Å². The lowest BCUT2D eigenvalue weighted by molar-refractivity contribution is -0.150. The van der Waals surface area contributed by atoms with Gasteiger partial charge in [0.05, 0.1) is 0 Å². The highest BCUT2D eigenvalue weighted by atomic mass is 16.5. The number of hydrazine groups is 1. The van der Waals surface area contributed by atoms with Crippen molar-refractivity contribution in [2.75, 3.05) is 19.6 Å². The minimum atomic E-state index is 0.226. The Balaban J connectivity index is 1.46. The molecule has 0 atom stereocenters. The molecule has 0 N–H and O–H groups in total. The van der Waals surface area contributed by atoms with Crippen LogP contribution in [0.4, 0.5) is 0 Å². The molecule has 0 aliphatic carbocycles. The molecule has 27 heavy (non-hydrogen) atoms. The molecule has 3 rings (SSSR count). The maximum atomic E-state index is 12.6. The molecular formula is C23H30N2O2. The van der Waals surface area contributed by atoms with E-state index in [4.69, 9.17) is 4.74 Å². The third kappa shape index (κ3) is 5.83. The van der Waals surface area contributed by atoms with Crippen molar-refractivity contribution < 1.29 is 9.53 Å². The summed E-state index contributed by atoms with van der Waals surface area (Å²) in [5, 5.41) is 4.17. The van der Waals surface area contributed by atoms with Crippen LogP contribution in [0, 0.1) is 0 Å². The first-order chi connectivity index (χ1) is 13.3. The van der Waals surface area contributed by atoms with Crippen LogP contribution in [0.1, 0.15) is 43.7 Å². The van der Waals surface area contributed by atoms with Crippen molar-refractivity contribution in [3.63, 3.8) is 0 Å². The van der Waals surface area contributed by atoms with Gasteiger partial charge < -0.3 is 4.74 Å². The van der Waals surface area contributed by atoms with Gasteiger partial charge in [-0.05, 0) is 49.4 Å². The number of aryl methyl sites for hydroxylation is 1. The zero-order valence-corrected chi connectivity index (χ0v) is 16.3. The normalized spacial score (nSPS) is 14.7. The number of carbonyl (C=O) groups is 1. The molecule has 1 fully saturated rings. The Hall–Kier alpha value is -2.33. The third-order valence-corrected chi connectivity index (χ3v) is 5.06. The summed E-state index contributed by atoms with van der Waals surface area (Å²) in [6.07, 6.45) is 4.97. The van der Waals surface area contributed by atoms with Crippen molar-refractivity contribution in [3.8, 4) is 5.75 Å². The molecule has 0 unspecified atom stereocenters. The Morgan fingerprint density at radius 2 is 1.67 bits per heavy atom. The summed E-state index contributed by atoms with van der Waals surface area (Å²) < 4.78 is 5.83. The van der Waals surface area contributed by atoms with E-state index < -0.39 is 0 Å². The highest BCUT2D eigenvalue weighted by molar-refractivity contribution is 5.76. The van der Waals surface area contributed by atoms with Gasteiger partial charge >= 0.3 is 0 Å². The summed E-state index contributed by atoms with van der Waals surface area (Å²) in [7, 11) is 0. The first-order valence-corrected chi connectivity index (χ1v) is 10.1. The third-order valence-electron chi connectivity index (χ3n) is 5.06. The van der Waals surface area contributed by atoms with Crippen LogP contribution in [0.15, 0.2) is 54.6 Å². The highest BCUT2D eigenvalue weighted by Gasteiger charge is 2.21. The van der Waals surface area contributed by atoms with E-state index in [1.165, 1.54) is 24.8 Å². The Morgan fingerprint density at radius 3 is 2.33 bits per heavy atom. The number of piperidine rings is 1. The molecule has 0 aromatic heterocycles. The number of hydrogen-bond acceptors (Lipinski definition) is 3. The van der Waals surface area contributed by atoms with Gasteiger partial charge in [0.15, 0.2) is 0 Å². The van der Waals surface area contributed by atoms with Gasteiger partial charge in [0.25, 0.3) is 0 Å². The van der Waals surface area contributed by atoms with Crippen LogP contribution in [0.2, 0.25) is 0 Å². The fraction of sp³-hybridized carbons (Fsp3) is 0.435. The van der Waals surface area contributed by atoms with E-state index in [-0.39, 0.29) is 5.91 Å². The lowest BCUT2D eigenvalue weighted by Gasteiger charge is -2.36. The number of benzene rings is 2. The molecule has 4 heteroatoms. The summed E-state index contributed by atoms with van der Waals surface area (Å²) >= 11 is 0. The van der Waals surface area contributed by atoms with Crippen LogP contribution in [0.3, 0.4) is 0 Å². The first kappa shape index (κ1) is 19.4. The van der Waals surface area contributed by atoms with Crippen molar-refractivity contribution in [2.45, 2.75) is 45.6 Å². The lowest BCUT2D eigenvalue weighted by Crippen LogP contribution is -2.48. The molecule has 1 heterocycles. The zero-order chi connectivity index (χ0) is 18.9. The van der Waals surface area contributed by atoms with Gasteiger partial charge in [-0.3, -0.25) is 9.80 Å². The predicted octanol–water partition coefficient (Wildman–Crippen LogP) is 4.45. The monoisotopic (exact) mass is 366 g/mol. The fourth-order valence-corrected chi connectivity index (χ4v) is 3.53. The van der Waals surface area contributed by atoms with Crippen molar-refractivity contribution in [3.05, 3.63) is 65.7 Å². The molecule has 0 saturated carbocycles. The van der Waals surface area contributed by atoms with Crippen LogP contribution in [-0.2, 0) is 17.8 Å². The van der Waals surface area contributed by atoms with Crippen LogP contribution in [-0.4, -0.2) is 35.6 Å². The molecule has 144 valence electrons. The minimum Gasteiger partial charge on any atom is -0.489 e. The van der Waals surface area contributed by atoms with E-state index in [2.05, 4.69) is 36.2 Å². The predicted molar refractivity (Wildman–Crippen MR) is 108 cm³/mol. The van der Waals surface area contributed by atoms with Crippen molar-refractivity contribution in [2.24, 2.45) is 0 Å². The number of amides is 1. The number of nitrogens with zero attached hydrogens (tertiary/aromatic N) is 2.